The first-order valence-electron chi connectivity index (χ1n) is 8.25. The van der Waals surface area contributed by atoms with Crippen molar-refractivity contribution in [2.45, 2.75) is 26.4 Å². The Morgan fingerprint density at radius 2 is 2.29 bits per heavy atom. The highest BCUT2D eigenvalue weighted by atomic mass is 16.3. The zero-order valence-electron chi connectivity index (χ0n) is 14.0. The van der Waals surface area contributed by atoms with Crippen molar-refractivity contribution < 1.29 is 9.90 Å². The maximum Gasteiger partial charge on any atom is 0.252 e. The Bertz CT molecular complexity index is 697. The number of β-amino-alcohol motifs (C(OH)–C–C–N with tert-alkyl or cyclic N) is 1. The maximum atomic E-state index is 11.8. The van der Waals surface area contributed by atoms with Crippen molar-refractivity contribution in [3.63, 3.8) is 0 Å². The monoisotopic (exact) mass is 329 g/mol. The first kappa shape index (κ1) is 16.4. The van der Waals surface area contributed by atoms with Gasteiger partial charge in [0.25, 0.3) is 5.91 Å². The van der Waals surface area contributed by atoms with Crippen LogP contribution in [0.5, 0.6) is 0 Å². The summed E-state index contributed by atoms with van der Waals surface area (Å²) in [6.07, 6.45) is 1.91. The van der Waals surface area contributed by atoms with Gasteiger partial charge in [-0.25, -0.2) is 4.98 Å². The molecule has 3 rings (SSSR count). The number of aromatic amines is 1. The van der Waals surface area contributed by atoms with Crippen LogP contribution in [0.3, 0.4) is 0 Å². The van der Waals surface area contributed by atoms with Gasteiger partial charge < -0.3 is 15.3 Å². The summed E-state index contributed by atoms with van der Waals surface area (Å²) >= 11 is 0. The predicted octanol–water partition coefficient (Wildman–Crippen LogP) is 0.903. The van der Waals surface area contributed by atoms with Crippen LogP contribution < -0.4 is 10.2 Å². The summed E-state index contributed by atoms with van der Waals surface area (Å²) in [5.74, 6) is 0.783. The smallest absolute Gasteiger partial charge is 0.252 e. The van der Waals surface area contributed by atoms with Gasteiger partial charge in [0.05, 0.1) is 17.4 Å². The van der Waals surface area contributed by atoms with Crippen LogP contribution in [0.25, 0.3) is 0 Å². The van der Waals surface area contributed by atoms with E-state index in [4.69, 9.17) is 0 Å². The molecule has 7 heteroatoms. The summed E-state index contributed by atoms with van der Waals surface area (Å²) in [4.78, 5) is 18.2. The van der Waals surface area contributed by atoms with E-state index in [0.717, 1.165) is 30.2 Å². The van der Waals surface area contributed by atoms with Gasteiger partial charge in [-0.1, -0.05) is 0 Å². The zero-order valence-corrected chi connectivity index (χ0v) is 14.0. The van der Waals surface area contributed by atoms with Crippen LogP contribution >= 0.6 is 0 Å². The number of nitrogens with one attached hydrogen (secondary N) is 2. The molecule has 1 amide bonds. The standard InChI is InChI=1S/C17H23N5O2/c1-3-18-17(24)12-4-5-16(19-8-12)22-9-13(15(23)10-22)7-14-6-11(2)20-21-14/h4-6,8,13,15,23H,3,7,9-10H2,1-2H3,(H,18,24)(H,20,21)/t13-,15-/m1/s1. The largest absolute Gasteiger partial charge is 0.391 e. The fourth-order valence-electron chi connectivity index (χ4n) is 3.06. The lowest BCUT2D eigenvalue weighted by Crippen LogP contribution is -2.24. The van der Waals surface area contributed by atoms with Crippen molar-refractivity contribution in [1.29, 1.82) is 0 Å². The fraction of sp³-hybridized carbons (Fsp3) is 0.471. The molecule has 1 aliphatic rings. The molecular weight excluding hydrogens is 306 g/mol. The molecule has 1 saturated heterocycles. The van der Waals surface area contributed by atoms with Crippen molar-refractivity contribution in [1.82, 2.24) is 20.5 Å². The summed E-state index contributed by atoms with van der Waals surface area (Å²) in [6.45, 7) is 5.70. The number of rotatable bonds is 5. The Labute approximate surface area is 141 Å². The third-order valence-electron chi connectivity index (χ3n) is 4.31. The van der Waals surface area contributed by atoms with Crippen LogP contribution in [0.2, 0.25) is 0 Å². The molecule has 3 heterocycles. The van der Waals surface area contributed by atoms with Crippen LogP contribution in [-0.4, -0.2) is 51.9 Å². The molecule has 3 N–H and O–H groups in total. The number of hydrogen-bond acceptors (Lipinski definition) is 5. The quantitative estimate of drug-likeness (QED) is 0.758. The molecule has 24 heavy (non-hydrogen) atoms. The average molecular weight is 329 g/mol. The van der Waals surface area contributed by atoms with Crippen LogP contribution in [-0.2, 0) is 6.42 Å². The molecule has 2 atom stereocenters. The van der Waals surface area contributed by atoms with Gasteiger partial charge in [0, 0.05) is 37.4 Å². The molecule has 0 saturated carbocycles. The maximum absolute atomic E-state index is 11.8. The Kier molecular flexibility index (Phi) is 4.80. The van der Waals surface area contributed by atoms with E-state index in [1.54, 1.807) is 12.3 Å². The van der Waals surface area contributed by atoms with Crippen molar-refractivity contribution in [3.8, 4) is 0 Å². The number of aliphatic hydroxyl groups is 1. The lowest BCUT2D eigenvalue weighted by molar-refractivity contribution is 0.0955. The van der Waals surface area contributed by atoms with E-state index < -0.39 is 6.10 Å². The number of anilines is 1. The number of pyridine rings is 1. The minimum absolute atomic E-state index is 0.121. The molecule has 7 nitrogen and oxygen atoms in total. The highest BCUT2D eigenvalue weighted by Gasteiger charge is 2.32. The fourth-order valence-corrected chi connectivity index (χ4v) is 3.06. The predicted molar refractivity (Wildman–Crippen MR) is 91.0 cm³/mol. The molecule has 0 aliphatic carbocycles. The van der Waals surface area contributed by atoms with Gasteiger partial charge in [0.2, 0.25) is 0 Å². The molecular formula is C17H23N5O2. The second-order valence-corrected chi connectivity index (χ2v) is 6.24. The van der Waals surface area contributed by atoms with Gasteiger partial charge in [-0.3, -0.25) is 9.89 Å². The number of nitrogens with zero attached hydrogens (tertiary/aromatic N) is 3. The minimum Gasteiger partial charge on any atom is -0.391 e. The van der Waals surface area contributed by atoms with E-state index >= 15 is 0 Å². The highest BCUT2D eigenvalue weighted by Crippen LogP contribution is 2.25. The number of aryl methyl sites for hydroxylation is 1. The van der Waals surface area contributed by atoms with Crippen LogP contribution in [0.15, 0.2) is 24.4 Å². The van der Waals surface area contributed by atoms with Gasteiger partial charge in [-0.2, -0.15) is 5.10 Å². The van der Waals surface area contributed by atoms with E-state index in [9.17, 15) is 9.90 Å². The molecule has 0 radical (unpaired) electrons. The Morgan fingerprint density at radius 3 is 2.92 bits per heavy atom. The molecule has 1 fully saturated rings. The average Bonchev–Trinajstić information content (AvgIpc) is 3.14. The topological polar surface area (TPSA) is 94.1 Å². The summed E-state index contributed by atoms with van der Waals surface area (Å²) in [6, 6.07) is 5.61. The van der Waals surface area contributed by atoms with E-state index in [1.165, 1.54) is 0 Å². The summed E-state index contributed by atoms with van der Waals surface area (Å²) in [5.41, 5.74) is 2.54. The number of amides is 1. The van der Waals surface area contributed by atoms with Crippen molar-refractivity contribution in [2.75, 3.05) is 24.5 Å². The molecule has 0 bridgehead atoms. The van der Waals surface area contributed by atoms with Crippen LogP contribution in [0.1, 0.15) is 28.7 Å². The zero-order chi connectivity index (χ0) is 17.1. The Hall–Kier alpha value is -2.41. The summed E-state index contributed by atoms with van der Waals surface area (Å²) in [5, 5.41) is 20.3. The lowest BCUT2D eigenvalue weighted by Gasteiger charge is -2.17. The van der Waals surface area contributed by atoms with Crippen molar-refractivity contribution in [2.24, 2.45) is 5.92 Å². The van der Waals surface area contributed by atoms with E-state index in [0.29, 0.717) is 18.7 Å². The number of aliphatic hydroxyl groups excluding tert-OH is 1. The number of hydrogen-bond donors (Lipinski definition) is 3. The number of H-pyrrole nitrogens is 1. The normalized spacial score (nSPS) is 20.4. The molecule has 0 spiro atoms. The van der Waals surface area contributed by atoms with Crippen LogP contribution in [0, 0.1) is 12.8 Å². The first-order valence-corrected chi connectivity index (χ1v) is 8.25. The van der Waals surface area contributed by atoms with Gasteiger partial charge in [-0.05, 0) is 38.5 Å². The summed E-state index contributed by atoms with van der Waals surface area (Å²) in [7, 11) is 0. The van der Waals surface area contributed by atoms with E-state index in [1.807, 2.05) is 26.0 Å². The highest BCUT2D eigenvalue weighted by molar-refractivity contribution is 5.94. The van der Waals surface area contributed by atoms with E-state index in [-0.39, 0.29) is 11.8 Å². The van der Waals surface area contributed by atoms with Crippen molar-refractivity contribution >= 4 is 11.7 Å². The Balaban J connectivity index is 1.64. The molecule has 2 aromatic rings. The molecule has 0 unspecified atom stereocenters. The lowest BCUT2D eigenvalue weighted by atomic mass is 10.0. The number of carbonyl (C=O) groups excluding carboxylic acids is 1. The second-order valence-electron chi connectivity index (χ2n) is 6.24. The molecule has 128 valence electrons. The SMILES string of the molecule is CCNC(=O)c1ccc(N2C[C@@H](Cc3cc(C)[nH]n3)[C@H](O)C2)nc1. The first-order chi connectivity index (χ1) is 11.6. The van der Waals surface area contributed by atoms with Crippen LogP contribution in [0.4, 0.5) is 5.82 Å². The van der Waals surface area contributed by atoms with Gasteiger partial charge in [0.1, 0.15) is 5.82 Å². The van der Waals surface area contributed by atoms with Gasteiger partial charge >= 0.3 is 0 Å². The molecule has 1 aliphatic heterocycles. The van der Waals surface area contributed by atoms with Gasteiger partial charge in [-0.15, -0.1) is 0 Å². The second kappa shape index (κ2) is 7.00. The summed E-state index contributed by atoms with van der Waals surface area (Å²) < 4.78 is 0. The molecule has 0 aromatic carbocycles. The number of aromatic nitrogens is 3. The van der Waals surface area contributed by atoms with E-state index in [2.05, 4.69) is 25.4 Å². The van der Waals surface area contributed by atoms with Gasteiger partial charge in [0.15, 0.2) is 0 Å². The third-order valence-corrected chi connectivity index (χ3v) is 4.31. The minimum atomic E-state index is -0.410. The third kappa shape index (κ3) is 3.56. The molecule has 2 aromatic heterocycles. The number of carbonyl (C=O) groups is 1. The van der Waals surface area contributed by atoms with Crippen molar-refractivity contribution in [3.05, 3.63) is 41.3 Å². The Morgan fingerprint density at radius 1 is 1.46 bits per heavy atom.